The maximum atomic E-state index is 11.8. The molecule has 18 nitrogen and oxygen atoms in total. The van der Waals surface area contributed by atoms with Gasteiger partial charge in [0, 0.05) is 0 Å². The van der Waals surface area contributed by atoms with E-state index in [0.717, 1.165) is 17.2 Å². The fourth-order valence-electron chi connectivity index (χ4n) is 2.68. The lowest BCUT2D eigenvalue weighted by molar-refractivity contribution is -0.0752. The summed E-state index contributed by atoms with van der Waals surface area (Å²) in [6, 6.07) is 0. The number of imidazole rings is 1. The van der Waals surface area contributed by atoms with E-state index in [-0.39, 0.29) is 17.0 Å². The zero-order chi connectivity index (χ0) is 24.1. The highest BCUT2D eigenvalue weighted by Gasteiger charge is 2.55. The Morgan fingerprint density at radius 1 is 1.12 bits per heavy atom. The molecule has 0 amide bonds. The van der Waals surface area contributed by atoms with Crippen LogP contribution >= 0.6 is 36.1 Å². The normalized spacial score (nSPS) is 30.3. The van der Waals surface area contributed by atoms with Gasteiger partial charge in [-0.25, -0.2) is 28.6 Å². The number of aliphatic hydroxyl groups excluding tert-OH is 2. The number of rotatable bonds is 8. The number of fused-ring (bicyclic) bond motifs is 1. The minimum Gasteiger partial charge on any atom is -0.387 e. The van der Waals surface area contributed by atoms with Crippen LogP contribution in [0.15, 0.2) is 12.7 Å². The van der Waals surface area contributed by atoms with Gasteiger partial charge in [0.1, 0.15) is 36.5 Å². The number of nitrogen functional groups attached to an aromatic ring is 1. The van der Waals surface area contributed by atoms with E-state index in [2.05, 4.69) is 40.7 Å². The molecule has 22 heteroatoms. The Morgan fingerprint density at radius 2 is 1.78 bits per heavy atom. The molecule has 0 bridgehead atoms. The summed E-state index contributed by atoms with van der Waals surface area (Å²) >= 11 is 4.22. The minimum absolute atomic E-state index is 0.00271. The number of phosphoric acid groups is 3. The van der Waals surface area contributed by atoms with Crippen molar-refractivity contribution in [1.29, 1.82) is 0 Å². The van der Waals surface area contributed by atoms with Gasteiger partial charge in [-0.15, -0.1) is 12.6 Å². The van der Waals surface area contributed by atoms with Gasteiger partial charge in [0.05, 0.1) is 6.61 Å². The SMILES string of the molecule is Nc1ncnc2c1ncn2[C@]1(S)O[C@H](COP(=O)(O)OP(=O)(O)OP(=O)(O)O)[C@@H](O)[C@H]1O. The lowest BCUT2D eigenvalue weighted by Gasteiger charge is -2.28. The lowest BCUT2D eigenvalue weighted by Crippen LogP contribution is -2.41. The van der Waals surface area contributed by atoms with Crippen LogP contribution in [-0.4, -0.2) is 74.2 Å². The zero-order valence-corrected chi connectivity index (χ0v) is 18.9. The quantitative estimate of drug-likeness (QED) is 0.139. The van der Waals surface area contributed by atoms with Gasteiger partial charge in [-0.05, 0) is 0 Å². The number of anilines is 1. The number of hydrogen-bond acceptors (Lipinski definition) is 14. The Balaban J connectivity index is 1.75. The second-order valence-electron chi connectivity index (χ2n) is 6.18. The van der Waals surface area contributed by atoms with Crippen molar-refractivity contribution >= 4 is 53.1 Å². The molecule has 1 saturated heterocycles. The third kappa shape index (κ3) is 5.38. The molecule has 0 saturated carbocycles. The lowest BCUT2D eigenvalue weighted by atomic mass is 10.1. The van der Waals surface area contributed by atoms with Crippen LogP contribution in [0.4, 0.5) is 5.82 Å². The Kier molecular flexibility index (Phi) is 6.92. The number of aliphatic hydroxyl groups is 2. The Bertz CT molecular complexity index is 1160. The minimum atomic E-state index is -5.73. The van der Waals surface area contributed by atoms with E-state index < -0.39 is 53.4 Å². The predicted molar refractivity (Wildman–Crippen MR) is 103 cm³/mol. The molecule has 1 aliphatic rings. The number of hydrogen-bond donors (Lipinski definition) is 8. The van der Waals surface area contributed by atoms with E-state index >= 15 is 0 Å². The zero-order valence-electron chi connectivity index (χ0n) is 15.3. The summed E-state index contributed by atoms with van der Waals surface area (Å²) in [5, 5.41) is 18.7. The molecule has 3 heterocycles. The fraction of sp³-hybridized carbons (Fsp3) is 0.500. The smallest absolute Gasteiger partial charge is 0.387 e. The molecule has 32 heavy (non-hydrogen) atoms. The van der Waals surface area contributed by atoms with Crippen LogP contribution in [0, 0.1) is 0 Å². The van der Waals surface area contributed by atoms with E-state index in [1.807, 2.05) is 0 Å². The number of ether oxygens (including phenoxy) is 1. The van der Waals surface area contributed by atoms with Crippen LogP contribution in [0.25, 0.3) is 11.2 Å². The van der Waals surface area contributed by atoms with Gasteiger partial charge in [0.15, 0.2) is 11.5 Å². The first kappa shape index (κ1) is 25.6. The first-order valence-electron chi connectivity index (χ1n) is 8.03. The summed E-state index contributed by atoms with van der Waals surface area (Å²) < 4.78 is 52.0. The molecule has 2 aromatic rings. The van der Waals surface area contributed by atoms with Crippen LogP contribution in [0.1, 0.15) is 0 Å². The maximum absolute atomic E-state index is 11.8. The van der Waals surface area contributed by atoms with E-state index in [4.69, 9.17) is 25.2 Å². The molecule has 8 N–H and O–H groups in total. The molecule has 6 atom stereocenters. The van der Waals surface area contributed by atoms with Crippen molar-refractivity contribution in [2.24, 2.45) is 0 Å². The molecule has 180 valence electrons. The Labute approximate surface area is 182 Å². The third-order valence-electron chi connectivity index (χ3n) is 3.94. The number of phosphoric ester groups is 1. The van der Waals surface area contributed by atoms with Crippen LogP contribution in [0.2, 0.25) is 0 Å². The summed E-state index contributed by atoms with van der Waals surface area (Å²) in [6.45, 7) is -1.02. The number of nitrogens with two attached hydrogens (primary N) is 1. The number of nitrogens with zero attached hydrogens (tertiary/aromatic N) is 4. The summed E-state index contributed by atoms with van der Waals surface area (Å²) in [7, 11) is -16.8. The summed E-state index contributed by atoms with van der Waals surface area (Å²) in [5.41, 5.74) is 5.88. The van der Waals surface area contributed by atoms with Gasteiger partial charge < -0.3 is 40.3 Å². The van der Waals surface area contributed by atoms with Crippen molar-refractivity contribution in [1.82, 2.24) is 19.5 Å². The molecule has 1 fully saturated rings. The molecule has 2 unspecified atom stereocenters. The molecule has 0 radical (unpaired) electrons. The van der Waals surface area contributed by atoms with E-state index in [0.29, 0.717) is 0 Å². The van der Waals surface area contributed by atoms with Gasteiger partial charge in [-0.2, -0.15) is 8.62 Å². The van der Waals surface area contributed by atoms with E-state index in [1.165, 1.54) is 0 Å². The second kappa shape index (κ2) is 8.65. The van der Waals surface area contributed by atoms with Gasteiger partial charge in [0.2, 0.25) is 5.06 Å². The van der Waals surface area contributed by atoms with Crippen molar-refractivity contribution in [3.63, 3.8) is 0 Å². The number of aromatic nitrogens is 4. The third-order valence-corrected chi connectivity index (χ3v) is 8.33. The Morgan fingerprint density at radius 3 is 2.41 bits per heavy atom. The molecule has 3 rings (SSSR count). The molecule has 1 aliphatic heterocycles. The van der Waals surface area contributed by atoms with Crippen molar-refractivity contribution in [2.45, 2.75) is 23.4 Å². The average Bonchev–Trinajstić information content (AvgIpc) is 3.14. The van der Waals surface area contributed by atoms with Crippen LogP contribution in [-0.2, 0) is 36.6 Å². The van der Waals surface area contributed by atoms with Crippen molar-refractivity contribution in [3.8, 4) is 0 Å². The highest BCUT2D eigenvalue weighted by molar-refractivity contribution is 7.81. The Hall–Kier alpha value is -1.01. The van der Waals surface area contributed by atoms with Gasteiger partial charge in [-0.3, -0.25) is 9.09 Å². The predicted octanol–water partition coefficient (Wildman–Crippen LogP) is -1.59. The van der Waals surface area contributed by atoms with Gasteiger partial charge in [-0.1, -0.05) is 0 Å². The summed E-state index contributed by atoms with van der Waals surface area (Å²) in [6.07, 6.45) is -2.91. The van der Waals surface area contributed by atoms with E-state index in [9.17, 15) is 28.8 Å². The largest absolute Gasteiger partial charge is 0.490 e. The highest BCUT2D eigenvalue weighted by Crippen LogP contribution is 2.66. The monoisotopic (exact) mass is 539 g/mol. The fourth-order valence-corrected chi connectivity index (χ4v) is 6.14. The van der Waals surface area contributed by atoms with Crippen LogP contribution in [0.5, 0.6) is 0 Å². The molecular weight excluding hydrogens is 523 g/mol. The van der Waals surface area contributed by atoms with Crippen LogP contribution < -0.4 is 5.73 Å². The first-order valence-corrected chi connectivity index (χ1v) is 13.0. The van der Waals surface area contributed by atoms with Crippen molar-refractivity contribution in [3.05, 3.63) is 12.7 Å². The molecule has 0 aliphatic carbocycles. The van der Waals surface area contributed by atoms with Crippen molar-refractivity contribution in [2.75, 3.05) is 12.3 Å². The first-order chi connectivity index (χ1) is 14.5. The summed E-state index contributed by atoms with van der Waals surface area (Å²) in [4.78, 5) is 47.3. The molecule has 2 aromatic heterocycles. The van der Waals surface area contributed by atoms with E-state index in [1.54, 1.807) is 0 Å². The molecule has 0 aromatic carbocycles. The van der Waals surface area contributed by atoms with Gasteiger partial charge in [0.25, 0.3) is 0 Å². The average molecular weight is 539 g/mol. The summed E-state index contributed by atoms with van der Waals surface area (Å²) in [5.74, 6) is 0.00271. The van der Waals surface area contributed by atoms with Crippen LogP contribution in [0.3, 0.4) is 0 Å². The number of thiol groups is 1. The van der Waals surface area contributed by atoms with Crippen molar-refractivity contribution < 1.29 is 61.4 Å². The van der Waals surface area contributed by atoms with Gasteiger partial charge >= 0.3 is 23.5 Å². The standard InChI is InChI=1S/C10H16N5O13P3S/c11-8-5-9(13-2-12-8)15(3-14-5)10(32)7(17)6(16)4(26-10)1-25-30(21,22)28-31(23,24)27-29(18,19)20/h2-4,6-7,16-17,32H,1H2,(H,21,22)(H,23,24)(H2,11,12,13)(H2,18,19,20)/t4-,6-,7-,10+/m1/s1. The maximum Gasteiger partial charge on any atom is 0.490 e. The topological polar surface area (TPSA) is 279 Å². The second-order valence-corrected chi connectivity index (χ2v) is 11.2. The molecular formula is C10H16N5O13P3S. The molecule has 0 spiro atoms. The highest BCUT2D eigenvalue weighted by atomic mass is 32.1.